The summed E-state index contributed by atoms with van der Waals surface area (Å²) in [5.41, 5.74) is 2.60. The highest BCUT2D eigenvalue weighted by molar-refractivity contribution is 6.01. The van der Waals surface area contributed by atoms with Crippen LogP contribution in [0.25, 0.3) is 0 Å². The van der Waals surface area contributed by atoms with E-state index in [9.17, 15) is 4.79 Å². The summed E-state index contributed by atoms with van der Waals surface area (Å²) >= 11 is 0. The first-order valence-corrected chi connectivity index (χ1v) is 9.77. The lowest BCUT2D eigenvalue weighted by molar-refractivity contribution is 0.0426. The van der Waals surface area contributed by atoms with Gasteiger partial charge in [0.15, 0.2) is 0 Å². The number of hydrogen-bond donors (Lipinski definition) is 1. The van der Waals surface area contributed by atoms with Gasteiger partial charge in [-0.05, 0) is 49.1 Å². The molecule has 0 radical (unpaired) electrons. The van der Waals surface area contributed by atoms with Crippen LogP contribution in [-0.2, 0) is 4.74 Å². The van der Waals surface area contributed by atoms with Gasteiger partial charge in [-0.25, -0.2) is 0 Å². The molecule has 0 spiro atoms. The molecule has 1 fully saturated rings. The maximum Gasteiger partial charge on any atom is 0.257 e. The van der Waals surface area contributed by atoms with Crippen molar-refractivity contribution in [3.05, 3.63) is 59.7 Å². The van der Waals surface area contributed by atoms with E-state index in [1.54, 1.807) is 0 Å². The van der Waals surface area contributed by atoms with E-state index >= 15 is 0 Å². The summed E-state index contributed by atoms with van der Waals surface area (Å²) in [6, 6.07) is 15.7. The van der Waals surface area contributed by atoms with Crippen molar-refractivity contribution in [2.24, 2.45) is 0 Å². The molecule has 27 heavy (non-hydrogen) atoms. The Morgan fingerprint density at radius 2 is 2.11 bits per heavy atom. The van der Waals surface area contributed by atoms with E-state index in [4.69, 9.17) is 9.47 Å². The van der Waals surface area contributed by atoms with E-state index in [2.05, 4.69) is 12.2 Å². The third-order valence-corrected chi connectivity index (χ3v) is 5.09. The molecule has 0 saturated carbocycles. The fourth-order valence-corrected chi connectivity index (χ4v) is 3.75. The normalized spacial score (nSPS) is 21.7. The molecule has 0 aromatic heterocycles. The molecule has 2 aromatic rings. The molecule has 2 aromatic carbocycles. The predicted octanol–water partition coefficient (Wildman–Crippen LogP) is 4.22. The zero-order valence-corrected chi connectivity index (χ0v) is 15.7. The first-order chi connectivity index (χ1) is 13.3. The highest BCUT2D eigenvalue weighted by Crippen LogP contribution is 2.35. The largest absolute Gasteiger partial charge is 0.494 e. The van der Waals surface area contributed by atoms with E-state index in [0.29, 0.717) is 18.7 Å². The lowest BCUT2D eigenvalue weighted by Gasteiger charge is -2.39. The van der Waals surface area contributed by atoms with Gasteiger partial charge in [-0.3, -0.25) is 4.79 Å². The van der Waals surface area contributed by atoms with Crippen LogP contribution in [0.4, 0.5) is 5.69 Å². The van der Waals surface area contributed by atoms with E-state index in [1.165, 1.54) is 0 Å². The monoisotopic (exact) mass is 366 g/mol. The van der Waals surface area contributed by atoms with Gasteiger partial charge in [0.05, 0.1) is 18.3 Å². The number of fused-ring (bicyclic) bond motifs is 1. The first-order valence-electron chi connectivity index (χ1n) is 9.77. The lowest BCUT2D eigenvalue weighted by atomic mass is 10.0. The van der Waals surface area contributed by atoms with Gasteiger partial charge >= 0.3 is 0 Å². The van der Waals surface area contributed by atoms with E-state index in [1.807, 2.05) is 53.4 Å². The molecular formula is C22H26N2O3. The molecule has 2 aliphatic heterocycles. The molecule has 2 heterocycles. The van der Waals surface area contributed by atoms with Crippen molar-refractivity contribution in [3.8, 4) is 5.75 Å². The molecule has 0 aliphatic carbocycles. The lowest BCUT2D eigenvalue weighted by Crippen LogP contribution is -2.46. The van der Waals surface area contributed by atoms with Gasteiger partial charge < -0.3 is 19.7 Å². The number of carbonyl (C=O) groups is 1. The van der Waals surface area contributed by atoms with Crippen molar-refractivity contribution in [3.63, 3.8) is 0 Å². The molecule has 1 amide bonds. The van der Waals surface area contributed by atoms with Gasteiger partial charge in [-0.1, -0.05) is 31.2 Å². The maximum atomic E-state index is 13.2. The number of hydrogen-bond acceptors (Lipinski definition) is 4. The summed E-state index contributed by atoms with van der Waals surface area (Å²) in [6.45, 7) is 4.14. The third kappa shape index (κ3) is 3.78. The van der Waals surface area contributed by atoms with Gasteiger partial charge in [0, 0.05) is 18.8 Å². The van der Waals surface area contributed by atoms with Crippen molar-refractivity contribution < 1.29 is 14.3 Å². The van der Waals surface area contributed by atoms with Crippen LogP contribution in [0.1, 0.15) is 48.3 Å². The molecule has 1 N–H and O–H groups in total. The van der Waals surface area contributed by atoms with E-state index in [0.717, 1.165) is 42.9 Å². The molecule has 5 heteroatoms. The summed E-state index contributed by atoms with van der Waals surface area (Å²) in [5.74, 6) is 0.879. The average Bonchev–Trinajstić information content (AvgIpc) is 3.22. The molecule has 2 unspecified atom stereocenters. The molecule has 1 saturated heterocycles. The number of rotatable bonds is 6. The van der Waals surface area contributed by atoms with Gasteiger partial charge in [0.2, 0.25) is 0 Å². The topological polar surface area (TPSA) is 50.8 Å². The summed E-state index contributed by atoms with van der Waals surface area (Å²) < 4.78 is 11.6. The van der Waals surface area contributed by atoms with Crippen molar-refractivity contribution in [1.82, 2.24) is 4.90 Å². The maximum absolute atomic E-state index is 13.2. The van der Waals surface area contributed by atoms with E-state index < -0.39 is 0 Å². The highest BCUT2D eigenvalue weighted by atomic mass is 16.5. The van der Waals surface area contributed by atoms with Crippen molar-refractivity contribution in [1.29, 1.82) is 0 Å². The smallest absolute Gasteiger partial charge is 0.257 e. The number of anilines is 1. The van der Waals surface area contributed by atoms with Crippen LogP contribution < -0.4 is 10.1 Å². The standard InChI is InChI=1S/C22H26N2O3/c1-2-12-26-17-8-5-7-16(14-17)21-23-20-11-4-3-10-19(20)22(25)24(21)15-18-9-6-13-27-18/h3-5,7-8,10-11,14,18,21,23H,2,6,9,12-13,15H2,1H3. The number of carbonyl (C=O) groups excluding carboxylic acids is 1. The van der Waals surface area contributed by atoms with Crippen molar-refractivity contribution in [2.75, 3.05) is 25.1 Å². The quantitative estimate of drug-likeness (QED) is 0.832. The van der Waals surface area contributed by atoms with Gasteiger partial charge in [0.1, 0.15) is 11.9 Å². The number of amides is 1. The number of para-hydroxylation sites is 1. The van der Waals surface area contributed by atoms with E-state index in [-0.39, 0.29) is 18.2 Å². The predicted molar refractivity (Wildman–Crippen MR) is 105 cm³/mol. The Morgan fingerprint density at radius 1 is 1.22 bits per heavy atom. The molecule has 142 valence electrons. The minimum Gasteiger partial charge on any atom is -0.494 e. The molecular weight excluding hydrogens is 340 g/mol. The highest BCUT2D eigenvalue weighted by Gasteiger charge is 2.35. The fourth-order valence-electron chi connectivity index (χ4n) is 3.75. The molecule has 0 bridgehead atoms. The number of nitrogens with one attached hydrogen (secondary N) is 1. The van der Waals surface area contributed by atoms with Crippen LogP contribution in [-0.4, -0.2) is 36.7 Å². The van der Waals surface area contributed by atoms with Crippen LogP contribution in [0.2, 0.25) is 0 Å². The Labute approximate surface area is 160 Å². The SMILES string of the molecule is CCCOc1cccc(C2Nc3ccccc3C(=O)N2CC2CCCO2)c1. The minimum atomic E-state index is -0.234. The summed E-state index contributed by atoms with van der Waals surface area (Å²) in [4.78, 5) is 15.1. The minimum absolute atomic E-state index is 0.0460. The Morgan fingerprint density at radius 3 is 2.93 bits per heavy atom. The number of benzene rings is 2. The average molecular weight is 366 g/mol. The Balaban J connectivity index is 1.66. The van der Waals surface area contributed by atoms with Crippen LogP contribution in [0.3, 0.4) is 0 Å². The Hall–Kier alpha value is -2.53. The van der Waals surface area contributed by atoms with Crippen molar-refractivity contribution >= 4 is 11.6 Å². The first kappa shape index (κ1) is 17.9. The Bertz CT molecular complexity index is 802. The zero-order valence-electron chi connectivity index (χ0n) is 15.7. The van der Waals surface area contributed by atoms with Crippen LogP contribution in [0.5, 0.6) is 5.75 Å². The second-order valence-electron chi connectivity index (χ2n) is 7.11. The van der Waals surface area contributed by atoms with Crippen LogP contribution >= 0.6 is 0 Å². The van der Waals surface area contributed by atoms with Gasteiger partial charge in [-0.2, -0.15) is 0 Å². The zero-order chi connectivity index (χ0) is 18.6. The molecule has 2 atom stereocenters. The van der Waals surface area contributed by atoms with Gasteiger partial charge in [0.25, 0.3) is 5.91 Å². The van der Waals surface area contributed by atoms with Gasteiger partial charge in [-0.15, -0.1) is 0 Å². The summed E-state index contributed by atoms with van der Waals surface area (Å²) in [5, 5.41) is 3.55. The van der Waals surface area contributed by atoms with Crippen LogP contribution in [0.15, 0.2) is 48.5 Å². The molecule has 2 aliphatic rings. The second-order valence-corrected chi connectivity index (χ2v) is 7.11. The van der Waals surface area contributed by atoms with Crippen molar-refractivity contribution in [2.45, 2.75) is 38.5 Å². The molecule has 4 rings (SSSR count). The molecule has 5 nitrogen and oxygen atoms in total. The Kier molecular flexibility index (Phi) is 5.30. The fraction of sp³-hybridized carbons (Fsp3) is 0.409. The summed E-state index contributed by atoms with van der Waals surface area (Å²) in [7, 11) is 0. The second kappa shape index (κ2) is 8.01. The summed E-state index contributed by atoms with van der Waals surface area (Å²) in [6.07, 6.45) is 2.88. The third-order valence-electron chi connectivity index (χ3n) is 5.09. The van der Waals surface area contributed by atoms with Crippen LogP contribution in [0, 0.1) is 0 Å². The number of nitrogens with zero attached hydrogens (tertiary/aromatic N) is 1. The number of ether oxygens (including phenoxy) is 2.